The Morgan fingerprint density at radius 1 is 0.444 bits per heavy atom. The molecule has 0 aliphatic rings. The van der Waals surface area contributed by atoms with Gasteiger partial charge in [-0.2, -0.15) is 0 Å². The second kappa shape index (κ2) is 16.8. The highest BCUT2D eigenvalue weighted by Gasteiger charge is 1.93. The zero-order valence-electron chi connectivity index (χ0n) is 11.3. The molecule has 0 heterocycles. The van der Waals surface area contributed by atoms with Crippen LogP contribution in [-0.4, -0.2) is 39.6 Å². The Morgan fingerprint density at radius 3 is 1.50 bits per heavy atom. The minimum Gasteiger partial charge on any atom is -0.379 e. The first-order valence-corrected chi connectivity index (χ1v) is 6.70. The van der Waals surface area contributed by atoms with Gasteiger partial charge in [0.15, 0.2) is 0 Å². The fraction of sp³-hybridized carbons (Fsp3) is 1.00. The lowest BCUT2D eigenvalue weighted by Gasteiger charge is -2.05. The van der Waals surface area contributed by atoms with E-state index in [2.05, 4.69) is 9.68 Å². The molecule has 0 aliphatic carbocycles. The van der Waals surface area contributed by atoms with Crippen molar-refractivity contribution in [2.45, 2.75) is 38.5 Å². The topological polar surface area (TPSA) is 89.0 Å². The molecule has 0 fully saturated rings. The number of nitrogens with two attached hydrogens (primary N) is 2. The van der Waals surface area contributed by atoms with Crippen LogP contribution < -0.4 is 11.8 Å². The summed E-state index contributed by atoms with van der Waals surface area (Å²) >= 11 is 0. The summed E-state index contributed by atoms with van der Waals surface area (Å²) in [6.45, 7) is 3.66. The van der Waals surface area contributed by atoms with E-state index >= 15 is 0 Å². The first-order valence-electron chi connectivity index (χ1n) is 6.70. The third-order valence-electron chi connectivity index (χ3n) is 2.52. The van der Waals surface area contributed by atoms with Gasteiger partial charge in [-0.3, -0.25) is 0 Å². The standard InChI is InChI=1S/C12H28N2O4/c13-17-8-6-4-2-1-3-5-7-15-9-10-16-11-12-18-14/h1-14H2. The van der Waals surface area contributed by atoms with Crippen LogP contribution in [0.4, 0.5) is 0 Å². The summed E-state index contributed by atoms with van der Waals surface area (Å²) < 4.78 is 10.6. The normalized spacial score (nSPS) is 11.0. The van der Waals surface area contributed by atoms with Crippen molar-refractivity contribution in [1.82, 2.24) is 0 Å². The average molecular weight is 264 g/mol. The summed E-state index contributed by atoms with van der Waals surface area (Å²) in [6, 6.07) is 0. The van der Waals surface area contributed by atoms with Gasteiger partial charge in [-0.25, -0.2) is 11.8 Å². The van der Waals surface area contributed by atoms with Crippen molar-refractivity contribution in [3.8, 4) is 0 Å². The fourth-order valence-electron chi connectivity index (χ4n) is 1.53. The number of hydrogen-bond acceptors (Lipinski definition) is 6. The Morgan fingerprint density at radius 2 is 0.889 bits per heavy atom. The zero-order chi connectivity index (χ0) is 13.3. The molecule has 0 radical (unpaired) electrons. The lowest BCUT2D eigenvalue weighted by atomic mass is 10.1. The maximum atomic E-state index is 5.43. The van der Waals surface area contributed by atoms with Crippen LogP contribution in [0, 0.1) is 0 Å². The molecule has 0 rings (SSSR count). The van der Waals surface area contributed by atoms with Crippen molar-refractivity contribution >= 4 is 0 Å². The number of hydrogen-bond donors (Lipinski definition) is 2. The van der Waals surface area contributed by atoms with E-state index in [1.165, 1.54) is 25.7 Å². The maximum absolute atomic E-state index is 5.43. The van der Waals surface area contributed by atoms with Crippen molar-refractivity contribution < 1.29 is 19.1 Å². The van der Waals surface area contributed by atoms with E-state index < -0.39 is 0 Å². The third-order valence-corrected chi connectivity index (χ3v) is 2.52. The van der Waals surface area contributed by atoms with Crippen LogP contribution in [0.25, 0.3) is 0 Å². The molecule has 4 N–H and O–H groups in total. The molecule has 0 aromatic rings. The smallest absolute Gasteiger partial charge is 0.0913 e. The van der Waals surface area contributed by atoms with E-state index in [9.17, 15) is 0 Å². The van der Waals surface area contributed by atoms with Crippen LogP contribution in [0.1, 0.15) is 38.5 Å². The molecule has 0 aliphatic heterocycles. The molecule has 0 amide bonds. The van der Waals surface area contributed by atoms with Crippen LogP contribution in [0.15, 0.2) is 0 Å². The predicted molar refractivity (Wildman–Crippen MR) is 69.6 cm³/mol. The molecule has 18 heavy (non-hydrogen) atoms. The zero-order valence-corrected chi connectivity index (χ0v) is 11.3. The van der Waals surface area contributed by atoms with Crippen molar-refractivity contribution in [2.24, 2.45) is 11.8 Å². The first kappa shape index (κ1) is 17.8. The van der Waals surface area contributed by atoms with Crippen molar-refractivity contribution in [1.29, 1.82) is 0 Å². The Balaban J connectivity index is 2.86. The Labute approximate surface area is 110 Å². The second-order valence-corrected chi connectivity index (χ2v) is 4.09. The Hall–Kier alpha value is -0.240. The van der Waals surface area contributed by atoms with E-state index in [4.69, 9.17) is 21.3 Å². The van der Waals surface area contributed by atoms with Crippen LogP contribution in [0.2, 0.25) is 0 Å². The van der Waals surface area contributed by atoms with Gasteiger partial charge in [0.25, 0.3) is 0 Å². The fourth-order valence-corrected chi connectivity index (χ4v) is 1.53. The molecule has 110 valence electrons. The van der Waals surface area contributed by atoms with Gasteiger partial charge in [0.05, 0.1) is 33.0 Å². The third kappa shape index (κ3) is 15.8. The van der Waals surface area contributed by atoms with E-state index in [0.29, 0.717) is 33.0 Å². The van der Waals surface area contributed by atoms with Crippen LogP contribution in [0.3, 0.4) is 0 Å². The van der Waals surface area contributed by atoms with Crippen molar-refractivity contribution in [3.05, 3.63) is 0 Å². The summed E-state index contributed by atoms with van der Waals surface area (Å²) in [5, 5.41) is 0. The van der Waals surface area contributed by atoms with Crippen molar-refractivity contribution in [3.63, 3.8) is 0 Å². The predicted octanol–water partition coefficient (Wildman–Crippen LogP) is 1.14. The quantitative estimate of drug-likeness (QED) is 0.340. The van der Waals surface area contributed by atoms with E-state index in [1.54, 1.807) is 0 Å². The second-order valence-electron chi connectivity index (χ2n) is 4.09. The van der Waals surface area contributed by atoms with Gasteiger partial charge in [-0.1, -0.05) is 25.7 Å². The molecule has 0 spiro atoms. The summed E-state index contributed by atoms with van der Waals surface area (Å²) in [6.07, 6.45) is 7.06. The van der Waals surface area contributed by atoms with Gasteiger partial charge in [0, 0.05) is 6.61 Å². The van der Waals surface area contributed by atoms with E-state index in [0.717, 1.165) is 19.4 Å². The van der Waals surface area contributed by atoms with Crippen LogP contribution in [0.5, 0.6) is 0 Å². The van der Waals surface area contributed by atoms with Gasteiger partial charge in [-0.05, 0) is 12.8 Å². The molecule has 0 saturated carbocycles. The van der Waals surface area contributed by atoms with E-state index in [-0.39, 0.29) is 0 Å². The molecule has 0 aromatic carbocycles. The molecular weight excluding hydrogens is 236 g/mol. The van der Waals surface area contributed by atoms with E-state index in [1.807, 2.05) is 0 Å². The summed E-state index contributed by atoms with van der Waals surface area (Å²) in [7, 11) is 0. The molecule has 6 heteroatoms. The van der Waals surface area contributed by atoms with Gasteiger partial charge in [0.1, 0.15) is 0 Å². The van der Waals surface area contributed by atoms with Crippen LogP contribution in [-0.2, 0) is 19.1 Å². The number of unbranched alkanes of at least 4 members (excludes halogenated alkanes) is 5. The summed E-state index contributed by atoms with van der Waals surface area (Å²) in [5.41, 5.74) is 0. The monoisotopic (exact) mass is 264 g/mol. The maximum Gasteiger partial charge on any atom is 0.0913 e. The lowest BCUT2D eigenvalue weighted by molar-refractivity contribution is 0.0136. The molecular formula is C12H28N2O4. The van der Waals surface area contributed by atoms with Crippen molar-refractivity contribution in [2.75, 3.05) is 39.6 Å². The Bertz CT molecular complexity index is 134. The number of rotatable bonds is 15. The molecule has 6 nitrogen and oxygen atoms in total. The Kier molecular flexibility index (Phi) is 16.5. The SMILES string of the molecule is NOCCCCCCCCOCCOCCON. The lowest BCUT2D eigenvalue weighted by Crippen LogP contribution is -2.11. The minimum atomic E-state index is 0.426. The van der Waals surface area contributed by atoms with Crippen LogP contribution >= 0.6 is 0 Å². The molecule has 0 atom stereocenters. The van der Waals surface area contributed by atoms with Gasteiger partial charge < -0.3 is 19.1 Å². The molecule has 0 bridgehead atoms. The highest BCUT2D eigenvalue weighted by Crippen LogP contribution is 2.05. The molecule has 0 unspecified atom stereocenters. The summed E-state index contributed by atoms with van der Waals surface area (Å²) in [4.78, 5) is 8.87. The first-order chi connectivity index (χ1) is 8.91. The molecule has 0 saturated heterocycles. The largest absolute Gasteiger partial charge is 0.379 e. The van der Waals surface area contributed by atoms with Gasteiger partial charge in [0.2, 0.25) is 0 Å². The average Bonchev–Trinajstić information content (AvgIpc) is 2.39. The minimum absolute atomic E-state index is 0.426. The summed E-state index contributed by atoms with van der Waals surface area (Å²) in [5.74, 6) is 9.79. The van der Waals surface area contributed by atoms with Gasteiger partial charge >= 0.3 is 0 Å². The molecule has 0 aromatic heterocycles. The number of ether oxygens (including phenoxy) is 2. The van der Waals surface area contributed by atoms with Gasteiger partial charge in [-0.15, -0.1) is 0 Å². The highest BCUT2D eigenvalue weighted by molar-refractivity contribution is 4.45. The highest BCUT2D eigenvalue weighted by atomic mass is 16.6.